The van der Waals surface area contributed by atoms with E-state index in [0.29, 0.717) is 25.9 Å². The van der Waals surface area contributed by atoms with Crippen LogP contribution in [0, 0.1) is 5.82 Å². The number of benzene rings is 1. The lowest BCUT2D eigenvalue weighted by Gasteiger charge is -2.32. The summed E-state index contributed by atoms with van der Waals surface area (Å²) in [6.07, 6.45) is 5.12. The predicted molar refractivity (Wildman–Crippen MR) is 95.3 cm³/mol. The van der Waals surface area contributed by atoms with Crippen molar-refractivity contribution in [1.82, 2.24) is 14.7 Å². The van der Waals surface area contributed by atoms with Gasteiger partial charge in [-0.15, -0.1) is 0 Å². The Morgan fingerprint density at radius 3 is 2.67 bits per heavy atom. The quantitative estimate of drug-likeness (QED) is 0.839. The molecular weight excluding hydrogens is 353 g/mol. The molecule has 0 atom stereocenters. The van der Waals surface area contributed by atoms with Crippen LogP contribution in [0.4, 0.5) is 4.39 Å². The van der Waals surface area contributed by atoms with Crippen LogP contribution in [-0.4, -0.2) is 51.9 Å². The summed E-state index contributed by atoms with van der Waals surface area (Å²) in [5.41, 5.74) is 0.925. The van der Waals surface area contributed by atoms with Crippen LogP contribution in [0.25, 0.3) is 0 Å². The molecule has 2 aromatic rings. The number of rotatable bonds is 6. The van der Waals surface area contributed by atoms with E-state index < -0.39 is 11.8 Å². The zero-order valence-electron chi connectivity index (χ0n) is 15.1. The minimum atomic E-state index is -0.996. The molecule has 0 bridgehead atoms. The van der Waals surface area contributed by atoms with Crippen molar-refractivity contribution in [2.24, 2.45) is 0 Å². The van der Waals surface area contributed by atoms with Gasteiger partial charge in [0.05, 0.1) is 24.9 Å². The van der Waals surface area contributed by atoms with E-state index >= 15 is 0 Å². The molecule has 0 unspecified atom stereocenters. The monoisotopic (exact) mass is 375 g/mol. The Balaban J connectivity index is 1.49. The first-order valence-corrected chi connectivity index (χ1v) is 8.85. The predicted octanol–water partition coefficient (Wildman–Crippen LogP) is 2.53. The van der Waals surface area contributed by atoms with Gasteiger partial charge in [0, 0.05) is 25.7 Å². The van der Waals surface area contributed by atoms with Crippen molar-refractivity contribution in [3.8, 4) is 5.75 Å². The van der Waals surface area contributed by atoms with Gasteiger partial charge in [0.2, 0.25) is 5.91 Å². The van der Waals surface area contributed by atoms with Gasteiger partial charge in [-0.25, -0.2) is 9.18 Å². The third kappa shape index (κ3) is 4.45. The van der Waals surface area contributed by atoms with E-state index in [9.17, 15) is 14.0 Å². The third-order valence-corrected chi connectivity index (χ3v) is 4.88. The Morgan fingerprint density at radius 1 is 1.33 bits per heavy atom. The van der Waals surface area contributed by atoms with Gasteiger partial charge in [-0.2, -0.15) is 5.10 Å². The number of hydrogen-bond donors (Lipinski definition) is 1. The molecule has 0 saturated carbocycles. The molecule has 7 nitrogen and oxygen atoms in total. The van der Waals surface area contributed by atoms with Crippen molar-refractivity contribution in [2.75, 3.05) is 20.2 Å². The largest absolute Gasteiger partial charge is 0.494 e. The van der Waals surface area contributed by atoms with Crippen molar-refractivity contribution in [3.05, 3.63) is 47.5 Å². The summed E-state index contributed by atoms with van der Waals surface area (Å²) in [5, 5.41) is 13.1. The SMILES string of the molecule is COc1ccc(CCC(=O)N2CCC(n3cc(C(=O)O)cn3)CC2)cc1F. The van der Waals surface area contributed by atoms with Gasteiger partial charge in [0.25, 0.3) is 0 Å². The van der Waals surface area contributed by atoms with Crippen molar-refractivity contribution < 1.29 is 23.8 Å². The highest BCUT2D eigenvalue weighted by atomic mass is 19.1. The average molecular weight is 375 g/mol. The second-order valence-electron chi connectivity index (χ2n) is 6.60. The second-order valence-corrected chi connectivity index (χ2v) is 6.60. The maximum atomic E-state index is 13.7. The van der Waals surface area contributed by atoms with Crippen molar-refractivity contribution in [1.29, 1.82) is 0 Å². The number of likely N-dealkylation sites (tertiary alicyclic amines) is 1. The van der Waals surface area contributed by atoms with E-state index in [4.69, 9.17) is 9.84 Å². The fraction of sp³-hybridized carbons (Fsp3) is 0.421. The average Bonchev–Trinajstić information content (AvgIpc) is 3.17. The molecule has 1 saturated heterocycles. The van der Waals surface area contributed by atoms with Gasteiger partial charge in [-0.1, -0.05) is 6.07 Å². The Hall–Kier alpha value is -2.90. The number of aromatic nitrogens is 2. The molecule has 1 aromatic carbocycles. The van der Waals surface area contributed by atoms with Gasteiger partial charge in [0.15, 0.2) is 11.6 Å². The number of amides is 1. The van der Waals surface area contributed by atoms with E-state index in [1.54, 1.807) is 21.7 Å². The Morgan fingerprint density at radius 2 is 2.07 bits per heavy atom. The number of carboxylic acids is 1. The summed E-state index contributed by atoms with van der Waals surface area (Å²) < 4.78 is 20.3. The highest BCUT2D eigenvalue weighted by Crippen LogP contribution is 2.23. The van der Waals surface area contributed by atoms with E-state index in [2.05, 4.69) is 5.10 Å². The van der Waals surface area contributed by atoms with Crippen molar-refractivity contribution in [2.45, 2.75) is 31.7 Å². The van der Waals surface area contributed by atoms with Crippen LogP contribution in [0.15, 0.2) is 30.6 Å². The maximum Gasteiger partial charge on any atom is 0.338 e. The molecule has 1 aromatic heterocycles. The number of nitrogens with zero attached hydrogens (tertiary/aromatic N) is 3. The number of aryl methyl sites for hydroxylation is 1. The molecule has 2 heterocycles. The van der Waals surface area contributed by atoms with E-state index in [1.165, 1.54) is 25.6 Å². The number of ether oxygens (including phenoxy) is 1. The number of piperidine rings is 1. The Labute approximate surface area is 156 Å². The molecule has 144 valence electrons. The standard InChI is InChI=1S/C19H22FN3O4/c1-27-17-4-2-13(10-16(17)20)3-5-18(24)22-8-6-15(7-9-22)23-12-14(11-21-23)19(25)26/h2,4,10-12,15H,3,5-9H2,1H3,(H,25,26). The van der Waals surface area contributed by atoms with Crippen LogP contribution in [0.1, 0.15) is 41.2 Å². The fourth-order valence-electron chi connectivity index (χ4n) is 3.30. The third-order valence-electron chi connectivity index (χ3n) is 4.88. The van der Waals surface area contributed by atoms with Gasteiger partial charge in [-0.3, -0.25) is 9.48 Å². The van der Waals surface area contributed by atoms with Gasteiger partial charge in [-0.05, 0) is 37.0 Å². The lowest BCUT2D eigenvalue weighted by Crippen LogP contribution is -2.39. The van der Waals surface area contributed by atoms with E-state index in [1.807, 2.05) is 0 Å². The van der Waals surface area contributed by atoms with Crippen LogP contribution in [0.3, 0.4) is 0 Å². The summed E-state index contributed by atoms with van der Waals surface area (Å²) in [7, 11) is 1.41. The first-order chi connectivity index (χ1) is 13.0. The zero-order chi connectivity index (χ0) is 19.4. The minimum Gasteiger partial charge on any atom is -0.494 e. The molecule has 1 N–H and O–H groups in total. The van der Waals surface area contributed by atoms with Crippen LogP contribution in [0.2, 0.25) is 0 Å². The van der Waals surface area contributed by atoms with Crippen molar-refractivity contribution >= 4 is 11.9 Å². The molecule has 27 heavy (non-hydrogen) atoms. The van der Waals surface area contributed by atoms with Gasteiger partial charge < -0.3 is 14.7 Å². The minimum absolute atomic E-state index is 0.0383. The summed E-state index contributed by atoms with van der Waals surface area (Å²) in [4.78, 5) is 25.2. The molecule has 0 aliphatic carbocycles. The first kappa shape index (κ1) is 18.9. The van der Waals surface area contributed by atoms with Crippen LogP contribution in [-0.2, 0) is 11.2 Å². The molecule has 1 aliphatic heterocycles. The molecule has 3 rings (SSSR count). The molecule has 8 heteroatoms. The lowest BCUT2D eigenvalue weighted by molar-refractivity contribution is -0.132. The number of methoxy groups -OCH3 is 1. The first-order valence-electron chi connectivity index (χ1n) is 8.85. The maximum absolute atomic E-state index is 13.7. The topological polar surface area (TPSA) is 84.7 Å². The van der Waals surface area contributed by atoms with Crippen LogP contribution in [0.5, 0.6) is 5.75 Å². The van der Waals surface area contributed by atoms with Crippen molar-refractivity contribution in [3.63, 3.8) is 0 Å². The zero-order valence-corrected chi connectivity index (χ0v) is 15.1. The number of hydrogen-bond acceptors (Lipinski definition) is 4. The number of halogens is 1. The summed E-state index contributed by atoms with van der Waals surface area (Å²) in [6.45, 7) is 1.20. The highest BCUT2D eigenvalue weighted by molar-refractivity contribution is 5.86. The number of carboxylic acid groups (broad SMARTS) is 1. The molecule has 0 radical (unpaired) electrons. The van der Waals surface area contributed by atoms with Crippen LogP contribution >= 0.6 is 0 Å². The van der Waals surface area contributed by atoms with Gasteiger partial charge >= 0.3 is 5.97 Å². The lowest BCUT2D eigenvalue weighted by atomic mass is 10.0. The molecule has 1 fully saturated rings. The Kier molecular flexibility index (Phi) is 5.73. The number of carbonyl (C=O) groups is 2. The van der Waals surface area contributed by atoms with Gasteiger partial charge in [0.1, 0.15) is 0 Å². The normalized spacial score (nSPS) is 15.0. The van der Waals surface area contributed by atoms with E-state index in [0.717, 1.165) is 18.4 Å². The van der Waals surface area contributed by atoms with Crippen LogP contribution < -0.4 is 4.74 Å². The molecular formula is C19H22FN3O4. The second kappa shape index (κ2) is 8.20. The smallest absolute Gasteiger partial charge is 0.338 e. The Bertz CT molecular complexity index is 828. The fourth-order valence-corrected chi connectivity index (χ4v) is 3.30. The van der Waals surface area contributed by atoms with E-state index in [-0.39, 0.29) is 23.3 Å². The summed E-state index contributed by atoms with van der Waals surface area (Å²) in [5.74, 6) is -1.19. The number of carbonyl (C=O) groups excluding carboxylic acids is 1. The molecule has 1 amide bonds. The summed E-state index contributed by atoms with van der Waals surface area (Å²) in [6, 6.07) is 4.82. The number of aromatic carboxylic acids is 1. The molecule has 1 aliphatic rings. The highest BCUT2D eigenvalue weighted by Gasteiger charge is 2.24. The summed E-state index contributed by atoms with van der Waals surface area (Å²) >= 11 is 0. The molecule has 0 spiro atoms.